The van der Waals surface area contributed by atoms with Crippen LogP contribution >= 0.6 is 0 Å². The third-order valence-corrected chi connectivity index (χ3v) is 4.62. The lowest BCUT2D eigenvalue weighted by Crippen LogP contribution is -2.63. The molecule has 1 N–H and O–H groups in total. The van der Waals surface area contributed by atoms with Crippen LogP contribution in [0, 0.1) is 0 Å². The highest BCUT2D eigenvalue weighted by Gasteiger charge is 2.42. The number of amides is 2. The summed E-state index contributed by atoms with van der Waals surface area (Å²) >= 11 is 0. The minimum atomic E-state index is -0.495. The Kier molecular flexibility index (Phi) is 4.52. The molecule has 1 aromatic rings. The number of methoxy groups -OCH3 is 1. The molecule has 6 nitrogen and oxygen atoms in total. The zero-order valence-corrected chi connectivity index (χ0v) is 13.3. The van der Waals surface area contributed by atoms with Gasteiger partial charge in [0.15, 0.2) is 0 Å². The van der Waals surface area contributed by atoms with Crippen LogP contribution in [-0.2, 0) is 16.0 Å². The van der Waals surface area contributed by atoms with Crippen LogP contribution < -0.4 is 4.74 Å². The predicted octanol–water partition coefficient (Wildman–Crippen LogP) is 0.432. The lowest BCUT2D eigenvalue weighted by atomic mass is 9.96. The molecule has 2 heterocycles. The summed E-state index contributed by atoms with van der Waals surface area (Å²) in [6.07, 6.45) is 1.08. The molecule has 0 aliphatic carbocycles. The SMILES string of the molecule is COc1cccc(CCN2CC(=O)N3CC[C@@H](O)C[C@H]3C2=O)c1. The molecule has 2 amide bonds. The molecule has 1 aromatic carbocycles. The van der Waals surface area contributed by atoms with Crippen molar-refractivity contribution >= 4 is 11.8 Å². The first-order valence-electron chi connectivity index (χ1n) is 7.97. The van der Waals surface area contributed by atoms with Gasteiger partial charge >= 0.3 is 0 Å². The van der Waals surface area contributed by atoms with Crippen LogP contribution in [0.3, 0.4) is 0 Å². The van der Waals surface area contributed by atoms with Crippen molar-refractivity contribution in [3.8, 4) is 5.75 Å². The molecule has 0 spiro atoms. The maximum atomic E-state index is 12.6. The number of piperidine rings is 1. The maximum Gasteiger partial charge on any atom is 0.245 e. The van der Waals surface area contributed by atoms with Gasteiger partial charge in [-0.1, -0.05) is 12.1 Å². The number of carbonyl (C=O) groups excluding carboxylic acids is 2. The van der Waals surface area contributed by atoms with E-state index in [9.17, 15) is 14.7 Å². The number of piperazine rings is 1. The normalized spacial score (nSPS) is 24.6. The lowest BCUT2D eigenvalue weighted by Gasteiger charge is -2.44. The van der Waals surface area contributed by atoms with Crippen molar-refractivity contribution in [3.05, 3.63) is 29.8 Å². The van der Waals surface area contributed by atoms with E-state index in [4.69, 9.17) is 4.74 Å². The minimum absolute atomic E-state index is 0.0212. The monoisotopic (exact) mass is 318 g/mol. The number of benzene rings is 1. The average Bonchev–Trinajstić information content (AvgIpc) is 2.57. The van der Waals surface area contributed by atoms with E-state index in [2.05, 4.69) is 0 Å². The Balaban J connectivity index is 1.65. The largest absolute Gasteiger partial charge is 0.497 e. The molecule has 0 aromatic heterocycles. The van der Waals surface area contributed by atoms with Crippen LogP contribution in [0.5, 0.6) is 5.75 Å². The van der Waals surface area contributed by atoms with Crippen molar-refractivity contribution in [2.75, 3.05) is 26.7 Å². The van der Waals surface area contributed by atoms with E-state index >= 15 is 0 Å². The molecular formula is C17H22N2O4. The molecule has 23 heavy (non-hydrogen) atoms. The van der Waals surface area contributed by atoms with Gasteiger partial charge in [-0.25, -0.2) is 0 Å². The summed E-state index contributed by atoms with van der Waals surface area (Å²) < 4.78 is 5.20. The van der Waals surface area contributed by atoms with Crippen LogP contribution in [0.1, 0.15) is 18.4 Å². The first kappa shape index (κ1) is 15.8. The van der Waals surface area contributed by atoms with Crippen molar-refractivity contribution < 1.29 is 19.4 Å². The van der Waals surface area contributed by atoms with Crippen LogP contribution in [-0.4, -0.2) is 65.6 Å². The number of aliphatic hydroxyl groups is 1. The topological polar surface area (TPSA) is 70.1 Å². The summed E-state index contributed by atoms with van der Waals surface area (Å²) in [5.74, 6) is 0.712. The molecule has 2 aliphatic heterocycles. The fraction of sp³-hybridized carbons (Fsp3) is 0.529. The van der Waals surface area contributed by atoms with Gasteiger partial charge in [0.25, 0.3) is 0 Å². The highest BCUT2D eigenvalue weighted by Crippen LogP contribution is 2.24. The lowest BCUT2D eigenvalue weighted by molar-refractivity contribution is -0.160. The molecule has 0 unspecified atom stereocenters. The number of hydrogen-bond donors (Lipinski definition) is 1. The van der Waals surface area contributed by atoms with E-state index in [1.807, 2.05) is 24.3 Å². The Morgan fingerprint density at radius 3 is 2.96 bits per heavy atom. The van der Waals surface area contributed by atoms with Gasteiger partial charge in [-0.3, -0.25) is 9.59 Å². The summed E-state index contributed by atoms with van der Waals surface area (Å²) in [5, 5.41) is 9.78. The Hall–Kier alpha value is -2.08. The number of nitrogens with zero attached hydrogens (tertiary/aromatic N) is 2. The van der Waals surface area contributed by atoms with Crippen LogP contribution in [0.4, 0.5) is 0 Å². The second kappa shape index (κ2) is 6.58. The van der Waals surface area contributed by atoms with Crippen LogP contribution in [0.15, 0.2) is 24.3 Å². The summed E-state index contributed by atoms with van der Waals surface area (Å²) in [5.41, 5.74) is 1.07. The van der Waals surface area contributed by atoms with Crippen molar-refractivity contribution in [1.82, 2.24) is 9.80 Å². The third kappa shape index (κ3) is 3.32. The molecule has 2 saturated heterocycles. The fourth-order valence-electron chi connectivity index (χ4n) is 3.30. The second-order valence-electron chi connectivity index (χ2n) is 6.14. The quantitative estimate of drug-likeness (QED) is 0.874. The van der Waals surface area contributed by atoms with Gasteiger partial charge in [-0.2, -0.15) is 0 Å². The molecule has 0 saturated carbocycles. The summed E-state index contributed by atoms with van der Waals surface area (Å²) in [6, 6.07) is 7.21. The molecule has 3 rings (SSSR count). The van der Waals surface area contributed by atoms with Gasteiger partial charge in [0.1, 0.15) is 11.8 Å². The molecule has 2 aliphatic rings. The molecular weight excluding hydrogens is 296 g/mol. The Bertz CT molecular complexity index is 604. The summed E-state index contributed by atoms with van der Waals surface area (Å²) in [7, 11) is 1.62. The van der Waals surface area contributed by atoms with Crippen molar-refractivity contribution in [2.24, 2.45) is 0 Å². The van der Waals surface area contributed by atoms with E-state index in [0.717, 1.165) is 11.3 Å². The highest BCUT2D eigenvalue weighted by atomic mass is 16.5. The zero-order valence-electron chi connectivity index (χ0n) is 13.3. The first-order valence-corrected chi connectivity index (χ1v) is 7.97. The molecule has 0 radical (unpaired) electrons. The number of carbonyl (C=O) groups is 2. The van der Waals surface area contributed by atoms with Crippen LogP contribution in [0.25, 0.3) is 0 Å². The van der Waals surface area contributed by atoms with Gasteiger partial charge in [0.05, 0.1) is 19.8 Å². The second-order valence-corrected chi connectivity index (χ2v) is 6.14. The van der Waals surface area contributed by atoms with E-state index in [1.54, 1.807) is 16.9 Å². The minimum Gasteiger partial charge on any atom is -0.497 e. The summed E-state index contributed by atoms with van der Waals surface area (Å²) in [4.78, 5) is 28.1. The van der Waals surface area contributed by atoms with E-state index in [0.29, 0.717) is 32.4 Å². The van der Waals surface area contributed by atoms with Crippen molar-refractivity contribution in [2.45, 2.75) is 31.4 Å². The number of hydrogen-bond acceptors (Lipinski definition) is 4. The molecule has 2 fully saturated rings. The van der Waals surface area contributed by atoms with Crippen molar-refractivity contribution in [3.63, 3.8) is 0 Å². The third-order valence-electron chi connectivity index (χ3n) is 4.62. The van der Waals surface area contributed by atoms with E-state index < -0.39 is 12.1 Å². The predicted molar refractivity (Wildman–Crippen MR) is 84.0 cm³/mol. The zero-order chi connectivity index (χ0) is 16.4. The molecule has 2 atom stereocenters. The number of ether oxygens (including phenoxy) is 1. The maximum absolute atomic E-state index is 12.6. The molecule has 6 heteroatoms. The van der Waals surface area contributed by atoms with Gasteiger partial charge < -0.3 is 19.6 Å². The van der Waals surface area contributed by atoms with E-state index in [-0.39, 0.29) is 18.4 Å². The fourth-order valence-corrected chi connectivity index (χ4v) is 3.30. The Labute approximate surface area is 135 Å². The number of fused-ring (bicyclic) bond motifs is 1. The molecule has 0 bridgehead atoms. The number of aliphatic hydroxyl groups excluding tert-OH is 1. The summed E-state index contributed by atoms with van der Waals surface area (Å²) in [6.45, 7) is 1.10. The van der Waals surface area contributed by atoms with Gasteiger partial charge in [-0.15, -0.1) is 0 Å². The Morgan fingerprint density at radius 2 is 2.17 bits per heavy atom. The first-order chi connectivity index (χ1) is 11.1. The Morgan fingerprint density at radius 1 is 1.35 bits per heavy atom. The standard InChI is InChI=1S/C17H22N2O4/c1-23-14-4-2-3-12(9-14)5-7-18-11-16(21)19-8-6-13(20)10-15(19)17(18)22/h2-4,9,13,15,20H,5-8,10-11H2,1H3/t13-,15+/m1/s1. The van der Waals surface area contributed by atoms with E-state index in [1.165, 1.54) is 0 Å². The van der Waals surface area contributed by atoms with Gasteiger partial charge in [0.2, 0.25) is 11.8 Å². The smallest absolute Gasteiger partial charge is 0.245 e. The average molecular weight is 318 g/mol. The number of rotatable bonds is 4. The van der Waals surface area contributed by atoms with Gasteiger partial charge in [-0.05, 0) is 30.5 Å². The van der Waals surface area contributed by atoms with Crippen LogP contribution in [0.2, 0.25) is 0 Å². The van der Waals surface area contributed by atoms with Crippen molar-refractivity contribution in [1.29, 1.82) is 0 Å². The highest BCUT2D eigenvalue weighted by molar-refractivity contribution is 5.95. The van der Waals surface area contributed by atoms with Gasteiger partial charge in [0, 0.05) is 19.5 Å². The molecule has 124 valence electrons.